The number of sulfonamides is 1. The highest BCUT2D eigenvalue weighted by atomic mass is 32.2. The Bertz CT molecular complexity index is 596. The first kappa shape index (κ1) is 12.6. The zero-order valence-corrected chi connectivity index (χ0v) is 10.6. The summed E-state index contributed by atoms with van der Waals surface area (Å²) in [6, 6.07) is 0. The minimum atomic E-state index is -3.64. The monoisotopic (exact) mass is 270 g/mol. The molecule has 0 aliphatic rings. The maximum absolute atomic E-state index is 12.0. The highest BCUT2D eigenvalue weighted by Crippen LogP contribution is 2.14. The second-order valence-electron chi connectivity index (χ2n) is 3.77. The molecule has 2 aromatic heterocycles. The minimum absolute atomic E-state index is 0.00783. The van der Waals surface area contributed by atoms with Crippen molar-refractivity contribution < 1.29 is 8.42 Å². The van der Waals surface area contributed by atoms with Crippen LogP contribution in [0.15, 0.2) is 23.9 Å². The van der Waals surface area contributed by atoms with E-state index in [1.165, 1.54) is 10.9 Å². The van der Waals surface area contributed by atoms with Crippen LogP contribution in [0.3, 0.4) is 0 Å². The number of aromatic nitrogens is 4. The lowest BCUT2D eigenvalue weighted by molar-refractivity contribution is 0.572. The second-order valence-corrected chi connectivity index (χ2v) is 5.45. The van der Waals surface area contributed by atoms with Gasteiger partial charge >= 0.3 is 0 Å². The quantitative estimate of drug-likeness (QED) is 0.660. The lowest BCUT2D eigenvalue weighted by Gasteiger charge is -2.07. The fourth-order valence-electron chi connectivity index (χ4n) is 1.57. The average Bonchev–Trinajstić information content (AvgIpc) is 2.89. The van der Waals surface area contributed by atoms with Gasteiger partial charge in [0.25, 0.3) is 10.0 Å². The Morgan fingerprint density at radius 3 is 2.89 bits per heavy atom. The lowest BCUT2D eigenvalue weighted by Crippen LogP contribution is -2.28. The molecule has 0 unspecified atom stereocenters. The molecule has 98 valence electrons. The third-order valence-corrected chi connectivity index (χ3v) is 4.00. The van der Waals surface area contributed by atoms with Crippen molar-refractivity contribution in [1.82, 2.24) is 24.2 Å². The summed E-state index contributed by atoms with van der Waals surface area (Å²) in [6.07, 6.45) is 5.07. The van der Waals surface area contributed by atoms with Crippen LogP contribution in [0.4, 0.5) is 5.82 Å². The maximum atomic E-state index is 12.0. The molecule has 18 heavy (non-hydrogen) atoms. The molecule has 0 aliphatic heterocycles. The molecule has 0 amide bonds. The van der Waals surface area contributed by atoms with E-state index in [-0.39, 0.29) is 17.4 Å². The molecule has 0 saturated carbocycles. The number of rotatable bonds is 5. The average molecular weight is 270 g/mol. The number of hydrogen-bond donors (Lipinski definition) is 3. The Morgan fingerprint density at radius 2 is 2.33 bits per heavy atom. The smallest absolute Gasteiger partial charge is 0.260 e. The Labute approximate surface area is 104 Å². The van der Waals surface area contributed by atoms with Gasteiger partial charge in [-0.2, -0.15) is 0 Å². The number of imidazole rings is 2. The number of anilines is 1. The normalized spacial score (nSPS) is 11.8. The first-order valence-electron chi connectivity index (χ1n) is 5.24. The zero-order valence-electron chi connectivity index (χ0n) is 9.79. The molecule has 0 fully saturated rings. The number of aromatic amines is 1. The SMILES string of the molecule is Cn1cnc(N)c1S(=O)(=O)NCCc1cnc[nH]1. The van der Waals surface area contributed by atoms with Gasteiger partial charge in [-0.3, -0.25) is 0 Å². The molecule has 0 atom stereocenters. The van der Waals surface area contributed by atoms with E-state index in [2.05, 4.69) is 19.7 Å². The van der Waals surface area contributed by atoms with Crippen molar-refractivity contribution in [3.63, 3.8) is 0 Å². The predicted octanol–water partition coefficient (Wildman–Crippen LogP) is -0.754. The third-order valence-electron chi connectivity index (χ3n) is 2.41. The van der Waals surface area contributed by atoms with Crippen molar-refractivity contribution in [3.05, 3.63) is 24.5 Å². The summed E-state index contributed by atoms with van der Waals surface area (Å²) in [5.41, 5.74) is 6.38. The predicted molar refractivity (Wildman–Crippen MR) is 65.1 cm³/mol. The molecule has 0 bridgehead atoms. The van der Waals surface area contributed by atoms with Gasteiger partial charge in [0.05, 0.1) is 12.7 Å². The van der Waals surface area contributed by atoms with E-state index in [0.29, 0.717) is 6.42 Å². The van der Waals surface area contributed by atoms with Gasteiger partial charge in [0.1, 0.15) is 0 Å². The number of aryl methyl sites for hydroxylation is 1. The molecule has 0 spiro atoms. The van der Waals surface area contributed by atoms with Gasteiger partial charge in [0.15, 0.2) is 10.8 Å². The summed E-state index contributed by atoms with van der Waals surface area (Å²) in [7, 11) is -2.06. The topological polar surface area (TPSA) is 119 Å². The van der Waals surface area contributed by atoms with Gasteiger partial charge in [-0.1, -0.05) is 0 Å². The van der Waals surface area contributed by atoms with Crippen LogP contribution in [-0.4, -0.2) is 34.5 Å². The fourth-order valence-corrected chi connectivity index (χ4v) is 2.84. The Balaban J connectivity index is 2.04. The van der Waals surface area contributed by atoms with E-state index < -0.39 is 10.0 Å². The van der Waals surface area contributed by atoms with E-state index in [4.69, 9.17) is 5.73 Å². The number of H-pyrrole nitrogens is 1. The number of hydrogen-bond acceptors (Lipinski definition) is 5. The number of nitrogens with two attached hydrogens (primary N) is 1. The fraction of sp³-hybridized carbons (Fsp3) is 0.333. The number of nitrogen functional groups attached to an aromatic ring is 1. The highest BCUT2D eigenvalue weighted by molar-refractivity contribution is 7.89. The van der Waals surface area contributed by atoms with Crippen LogP contribution in [0.5, 0.6) is 0 Å². The van der Waals surface area contributed by atoms with E-state index in [9.17, 15) is 8.42 Å². The maximum Gasteiger partial charge on any atom is 0.260 e. The Kier molecular flexibility index (Phi) is 3.34. The number of nitrogens with one attached hydrogen (secondary N) is 2. The molecule has 8 nitrogen and oxygen atoms in total. The van der Waals surface area contributed by atoms with E-state index in [1.807, 2.05) is 0 Å². The minimum Gasteiger partial charge on any atom is -0.381 e. The van der Waals surface area contributed by atoms with Gasteiger partial charge in [-0.05, 0) is 0 Å². The van der Waals surface area contributed by atoms with Crippen molar-refractivity contribution in [1.29, 1.82) is 0 Å². The summed E-state index contributed by atoms with van der Waals surface area (Å²) in [4.78, 5) is 10.5. The molecule has 4 N–H and O–H groups in total. The lowest BCUT2D eigenvalue weighted by atomic mass is 10.3. The van der Waals surface area contributed by atoms with Crippen LogP contribution >= 0.6 is 0 Å². The van der Waals surface area contributed by atoms with Gasteiger partial charge in [0, 0.05) is 31.9 Å². The van der Waals surface area contributed by atoms with Gasteiger partial charge in [-0.15, -0.1) is 0 Å². The molecular weight excluding hydrogens is 256 g/mol. The van der Waals surface area contributed by atoms with E-state index in [1.54, 1.807) is 19.6 Å². The van der Waals surface area contributed by atoms with Crippen molar-refractivity contribution in [2.24, 2.45) is 7.05 Å². The molecule has 0 saturated heterocycles. The van der Waals surface area contributed by atoms with Crippen molar-refractivity contribution in [2.45, 2.75) is 11.4 Å². The summed E-state index contributed by atoms with van der Waals surface area (Å²) < 4.78 is 27.8. The molecule has 9 heteroatoms. The molecule has 0 radical (unpaired) electrons. The second kappa shape index (κ2) is 4.78. The van der Waals surface area contributed by atoms with Gasteiger partial charge < -0.3 is 15.3 Å². The molecule has 2 rings (SSSR count). The first-order valence-corrected chi connectivity index (χ1v) is 6.73. The summed E-state index contributed by atoms with van der Waals surface area (Å²) in [5.74, 6) is -0.00783. The van der Waals surface area contributed by atoms with Crippen LogP contribution in [-0.2, 0) is 23.5 Å². The van der Waals surface area contributed by atoms with Crippen molar-refractivity contribution >= 4 is 15.8 Å². The molecule has 0 aromatic carbocycles. The van der Waals surface area contributed by atoms with Crippen LogP contribution < -0.4 is 10.5 Å². The molecular formula is C9H14N6O2S. The standard InChI is InChI=1S/C9H14N6O2S/c1-15-6-13-8(10)9(15)18(16,17)14-3-2-7-4-11-5-12-7/h4-6,14H,2-3,10H2,1H3,(H,11,12). The largest absolute Gasteiger partial charge is 0.381 e. The van der Waals surface area contributed by atoms with Gasteiger partial charge in [0.2, 0.25) is 0 Å². The first-order chi connectivity index (χ1) is 8.50. The molecule has 0 aliphatic carbocycles. The van der Waals surface area contributed by atoms with Crippen LogP contribution in [0.2, 0.25) is 0 Å². The Hall–Kier alpha value is -1.87. The summed E-state index contributed by atoms with van der Waals surface area (Å²) in [5, 5.41) is -0.0212. The summed E-state index contributed by atoms with van der Waals surface area (Å²) >= 11 is 0. The highest BCUT2D eigenvalue weighted by Gasteiger charge is 2.21. The zero-order chi connectivity index (χ0) is 13.2. The summed E-state index contributed by atoms with van der Waals surface area (Å²) in [6.45, 7) is 0.259. The van der Waals surface area contributed by atoms with Crippen LogP contribution in [0, 0.1) is 0 Å². The van der Waals surface area contributed by atoms with Crippen LogP contribution in [0.1, 0.15) is 5.69 Å². The van der Waals surface area contributed by atoms with Crippen molar-refractivity contribution in [2.75, 3.05) is 12.3 Å². The van der Waals surface area contributed by atoms with Gasteiger partial charge in [-0.25, -0.2) is 23.1 Å². The third kappa shape index (κ3) is 2.51. The van der Waals surface area contributed by atoms with E-state index >= 15 is 0 Å². The van der Waals surface area contributed by atoms with E-state index in [0.717, 1.165) is 5.69 Å². The Morgan fingerprint density at radius 1 is 1.56 bits per heavy atom. The van der Waals surface area contributed by atoms with Crippen molar-refractivity contribution in [3.8, 4) is 0 Å². The molecule has 2 heterocycles. The molecule has 2 aromatic rings. The van der Waals surface area contributed by atoms with Crippen LogP contribution in [0.25, 0.3) is 0 Å². The number of nitrogens with zero attached hydrogens (tertiary/aromatic N) is 3.